The van der Waals surface area contributed by atoms with Gasteiger partial charge in [0.2, 0.25) is 0 Å². The van der Waals surface area contributed by atoms with E-state index < -0.39 is 0 Å². The molecule has 4 nitrogen and oxygen atoms in total. The monoisotopic (exact) mass is 260 g/mol. The molecule has 1 aromatic carbocycles. The van der Waals surface area contributed by atoms with Crippen molar-refractivity contribution < 1.29 is 9.53 Å². The summed E-state index contributed by atoms with van der Waals surface area (Å²) in [7, 11) is 3.40. The van der Waals surface area contributed by atoms with Crippen molar-refractivity contribution in [1.82, 2.24) is 4.90 Å². The van der Waals surface area contributed by atoms with Crippen molar-refractivity contribution in [3.8, 4) is 11.8 Å². The van der Waals surface area contributed by atoms with Crippen molar-refractivity contribution in [1.29, 1.82) is 5.26 Å². The minimum atomic E-state index is -0.0855. The van der Waals surface area contributed by atoms with E-state index in [-0.39, 0.29) is 18.2 Å². The van der Waals surface area contributed by atoms with Gasteiger partial charge < -0.3 is 4.74 Å². The molecule has 0 amide bonds. The van der Waals surface area contributed by atoms with Crippen LogP contribution < -0.4 is 4.74 Å². The van der Waals surface area contributed by atoms with Crippen LogP contribution in [0.4, 0.5) is 0 Å². The van der Waals surface area contributed by atoms with Crippen LogP contribution in [0, 0.1) is 24.2 Å². The Balaban J connectivity index is 2.76. The smallest absolute Gasteiger partial charge is 0.180 e. The van der Waals surface area contributed by atoms with E-state index in [1.54, 1.807) is 13.2 Å². The number of rotatable bonds is 6. The minimum absolute atomic E-state index is 0.00416. The molecule has 0 aliphatic heterocycles. The van der Waals surface area contributed by atoms with Gasteiger partial charge in [0.1, 0.15) is 5.75 Å². The summed E-state index contributed by atoms with van der Waals surface area (Å²) >= 11 is 0. The van der Waals surface area contributed by atoms with E-state index >= 15 is 0 Å². The van der Waals surface area contributed by atoms with Crippen LogP contribution in [-0.4, -0.2) is 37.9 Å². The predicted octanol–water partition coefficient (Wildman–Crippen LogP) is 2.28. The second-order valence-electron chi connectivity index (χ2n) is 4.85. The van der Waals surface area contributed by atoms with Crippen molar-refractivity contribution in [2.75, 3.05) is 27.2 Å². The third-order valence-corrected chi connectivity index (χ3v) is 2.88. The lowest BCUT2D eigenvalue weighted by atomic mass is 10.1. The van der Waals surface area contributed by atoms with Gasteiger partial charge in [0.05, 0.1) is 31.2 Å². The average molecular weight is 260 g/mol. The third-order valence-electron chi connectivity index (χ3n) is 2.88. The zero-order chi connectivity index (χ0) is 14.4. The first kappa shape index (κ1) is 15.2. The van der Waals surface area contributed by atoms with Gasteiger partial charge in [-0.15, -0.1) is 0 Å². The average Bonchev–Trinajstić information content (AvgIpc) is 2.37. The number of Topliss-reactive ketones (excluding diaryl/α,β-unsaturated/α-hetero) is 1. The molecule has 0 aliphatic rings. The van der Waals surface area contributed by atoms with Crippen LogP contribution >= 0.6 is 0 Å². The number of carbonyl (C=O) groups excluding carboxylic acids is 1. The quantitative estimate of drug-likeness (QED) is 0.736. The van der Waals surface area contributed by atoms with Crippen molar-refractivity contribution in [3.05, 3.63) is 29.3 Å². The topological polar surface area (TPSA) is 53.3 Å². The molecule has 0 spiro atoms. The maximum atomic E-state index is 12.2. The molecule has 1 aromatic rings. The summed E-state index contributed by atoms with van der Waals surface area (Å²) in [5.41, 5.74) is 1.64. The molecule has 0 radical (unpaired) electrons. The Morgan fingerprint density at radius 3 is 2.79 bits per heavy atom. The van der Waals surface area contributed by atoms with Crippen LogP contribution in [0.2, 0.25) is 0 Å². The Hall–Kier alpha value is -1.86. The molecule has 0 aromatic heterocycles. The molecule has 1 rings (SSSR count). The van der Waals surface area contributed by atoms with Crippen molar-refractivity contribution in [2.45, 2.75) is 13.8 Å². The number of nitriles is 1. The van der Waals surface area contributed by atoms with Crippen LogP contribution in [0.25, 0.3) is 0 Å². The summed E-state index contributed by atoms with van der Waals surface area (Å²) in [5.74, 6) is 0.522. The molecule has 0 aliphatic carbocycles. The fourth-order valence-electron chi connectivity index (χ4n) is 1.93. The number of likely N-dealkylation sites (N-methyl/N-ethyl adjacent to an activating group) is 1. The molecular formula is C15H20N2O2. The van der Waals surface area contributed by atoms with Gasteiger partial charge in [0.15, 0.2) is 5.78 Å². The van der Waals surface area contributed by atoms with Crippen molar-refractivity contribution in [3.63, 3.8) is 0 Å². The van der Waals surface area contributed by atoms with Gasteiger partial charge in [-0.3, -0.25) is 9.69 Å². The molecule has 0 heterocycles. The highest BCUT2D eigenvalue weighted by molar-refractivity contribution is 6.00. The number of methoxy groups -OCH3 is 1. The number of hydrogen-bond donors (Lipinski definition) is 0. The van der Waals surface area contributed by atoms with Gasteiger partial charge in [-0.25, -0.2) is 0 Å². The number of hydrogen-bond acceptors (Lipinski definition) is 4. The maximum absolute atomic E-state index is 12.2. The van der Waals surface area contributed by atoms with Gasteiger partial charge >= 0.3 is 0 Å². The summed E-state index contributed by atoms with van der Waals surface area (Å²) in [4.78, 5) is 14.1. The molecular weight excluding hydrogens is 240 g/mol. The number of ketones is 1. The molecule has 1 unspecified atom stereocenters. The summed E-state index contributed by atoms with van der Waals surface area (Å²) < 4.78 is 5.24. The lowest BCUT2D eigenvalue weighted by molar-refractivity contribution is 0.0940. The number of ether oxygens (including phenoxy) is 1. The molecule has 4 heteroatoms. The predicted molar refractivity (Wildman–Crippen MR) is 74.3 cm³/mol. The summed E-state index contributed by atoms with van der Waals surface area (Å²) in [6, 6.07) is 7.70. The molecule has 102 valence electrons. The molecule has 0 N–H and O–H groups in total. The fraction of sp³-hybridized carbons (Fsp3) is 0.467. The summed E-state index contributed by atoms with van der Waals surface area (Å²) in [6.07, 6.45) is 0. The Morgan fingerprint density at radius 1 is 1.53 bits per heavy atom. The van der Waals surface area contributed by atoms with Gasteiger partial charge in [-0.1, -0.05) is 6.07 Å². The Kier molecular flexibility index (Phi) is 5.53. The molecule has 0 saturated carbocycles. The van der Waals surface area contributed by atoms with E-state index in [0.29, 0.717) is 17.9 Å². The summed E-state index contributed by atoms with van der Waals surface area (Å²) in [5, 5.41) is 8.77. The molecule has 19 heavy (non-hydrogen) atoms. The lowest BCUT2D eigenvalue weighted by Gasteiger charge is -2.17. The zero-order valence-corrected chi connectivity index (χ0v) is 11.9. The normalized spacial score (nSPS) is 12.0. The number of carbonyl (C=O) groups is 1. The van der Waals surface area contributed by atoms with Gasteiger partial charge in [0, 0.05) is 6.54 Å². The van der Waals surface area contributed by atoms with E-state index in [4.69, 9.17) is 10.00 Å². The Labute approximate surface area is 114 Å². The van der Waals surface area contributed by atoms with Gasteiger partial charge in [-0.05, 0) is 38.6 Å². The zero-order valence-electron chi connectivity index (χ0n) is 11.9. The molecule has 0 bridgehead atoms. The van der Waals surface area contributed by atoms with Crippen LogP contribution in [-0.2, 0) is 0 Å². The standard InChI is InChI=1S/C15H20N2O2/c1-11-5-6-13(15(7-11)19-4)14(18)10-17(3)9-12(2)8-16/h5-7,12H,9-10H2,1-4H3. The number of benzene rings is 1. The first-order valence-electron chi connectivity index (χ1n) is 6.24. The van der Waals surface area contributed by atoms with E-state index in [2.05, 4.69) is 6.07 Å². The summed E-state index contributed by atoms with van der Waals surface area (Å²) in [6.45, 7) is 4.66. The van der Waals surface area contributed by atoms with Crippen LogP contribution in [0.1, 0.15) is 22.8 Å². The molecule has 0 saturated heterocycles. The first-order chi connectivity index (χ1) is 8.97. The number of nitrogens with zero attached hydrogens (tertiary/aromatic N) is 2. The Morgan fingerprint density at radius 2 is 2.21 bits per heavy atom. The van der Waals surface area contributed by atoms with Gasteiger partial charge in [-0.2, -0.15) is 5.26 Å². The van der Waals surface area contributed by atoms with Crippen molar-refractivity contribution in [2.24, 2.45) is 5.92 Å². The highest BCUT2D eigenvalue weighted by Gasteiger charge is 2.15. The number of aryl methyl sites for hydroxylation is 1. The fourth-order valence-corrected chi connectivity index (χ4v) is 1.93. The van der Waals surface area contributed by atoms with E-state index in [1.807, 2.05) is 37.9 Å². The minimum Gasteiger partial charge on any atom is -0.496 e. The van der Waals surface area contributed by atoms with E-state index in [1.165, 1.54) is 0 Å². The highest BCUT2D eigenvalue weighted by Crippen LogP contribution is 2.20. The molecule has 1 atom stereocenters. The highest BCUT2D eigenvalue weighted by atomic mass is 16.5. The van der Waals surface area contributed by atoms with E-state index in [9.17, 15) is 4.79 Å². The first-order valence-corrected chi connectivity index (χ1v) is 6.24. The van der Waals surface area contributed by atoms with Gasteiger partial charge in [0.25, 0.3) is 0 Å². The maximum Gasteiger partial charge on any atom is 0.180 e. The van der Waals surface area contributed by atoms with Crippen LogP contribution in [0.5, 0.6) is 5.75 Å². The SMILES string of the molecule is COc1cc(C)ccc1C(=O)CN(C)CC(C)C#N. The van der Waals surface area contributed by atoms with Crippen molar-refractivity contribution >= 4 is 5.78 Å². The third kappa shape index (κ3) is 4.38. The second-order valence-corrected chi connectivity index (χ2v) is 4.85. The van der Waals surface area contributed by atoms with E-state index in [0.717, 1.165) is 5.56 Å². The largest absolute Gasteiger partial charge is 0.496 e. The second kappa shape index (κ2) is 6.91. The molecule has 0 fully saturated rings. The lowest BCUT2D eigenvalue weighted by Crippen LogP contribution is -2.30. The van der Waals surface area contributed by atoms with Crippen LogP contribution in [0.3, 0.4) is 0 Å². The Bertz CT molecular complexity index is 491. The van der Waals surface area contributed by atoms with Crippen LogP contribution in [0.15, 0.2) is 18.2 Å².